The Hall–Kier alpha value is -1.84. The van der Waals surface area contributed by atoms with Gasteiger partial charge in [-0.3, -0.25) is 0 Å². The number of nitrogens with two attached hydrogens (primary N) is 1. The Balaban J connectivity index is 1.66. The maximum absolute atomic E-state index is 5.70. The fourth-order valence-corrected chi connectivity index (χ4v) is 2.39. The molecule has 3 rings (SSSR count). The predicted molar refractivity (Wildman–Crippen MR) is 73.9 cm³/mol. The molecule has 100 valence electrons. The van der Waals surface area contributed by atoms with Crippen molar-refractivity contribution >= 4 is 5.69 Å². The SMILES string of the molecule is CC(Cc1nc(C2CCC2)no1)c1ccc(N)cc1. The van der Waals surface area contributed by atoms with Crippen molar-refractivity contribution < 1.29 is 4.52 Å². The molecule has 4 heteroatoms. The van der Waals surface area contributed by atoms with Crippen molar-refractivity contribution in [1.29, 1.82) is 0 Å². The van der Waals surface area contributed by atoms with Gasteiger partial charge in [0.15, 0.2) is 5.82 Å². The number of nitrogens with zero attached hydrogens (tertiary/aromatic N) is 2. The maximum Gasteiger partial charge on any atom is 0.227 e. The molecule has 0 bridgehead atoms. The smallest absolute Gasteiger partial charge is 0.227 e. The van der Waals surface area contributed by atoms with Crippen LogP contribution in [-0.4, -0.2) is 10.1 Å². The molecule has 4 nitrogen and oxygen atoms in total. The van der Waals surface area contributed by atoms with E-state index < -0.39 is 0 Å². The number of benzene rings is 1. The Morgan fingerprint density at radius 2 is 2.05 bits per heavy atom. The van der Waals surface area contributed by atoms with Gasteiger partial charge in [0.25, 0.3) is 0 Å². The predicted octanol–water partition coefficient (Wildman–Crippen LogP) is 3.27. The molecule has 0 radical (unpaired) electrons. The first-order chi connectivity index (χ1) is 9.22. The summed E-state index contributed by atoms with van der Waals surface area (Å²) in [6.45, 7) is 2.17. The zero-order valence-corrected chi connectivity index (χ0v) is 11.2. The van der Waals surface area contributed by atoms with Crippen molar-refractivity contribution in [1.82, 2.24) is 10.1 Å². The molecular weight excluding hydrogens is 238 g/mol. The molecule has 1 aliphatic carbocycles. The molecule has 1 aromatic heterocycles. The first-order valence-corrected chi connectivity index (χ1v) is 6.90. The summed E-state index contributed by atoms with van der Waals surface area (Å²) in [4.78, 5) is 4.51. The van der Waals surface area contributed by atoms with Crippen molar-refractivity contribution in [3.8, 4) is 0 Å². The minimum Gasteiger partial charge on any atom is -0.399 e. The van der Waals surface area contributed by atoms with Crippen LogP contribution in [0.5, 0.6) is 0 Å². The fraction of sp³-hybridized carbons (Fsp3) is 0.467. The monoisotopic (exact) mass is 257 g/mol. The Labute approximate surface area is 113 Å². The van der Waals surface area contributed by atoms with E-state index in [0.717, 1.165) is 23.8 Å². The highest BCUT2D eigenvalue weighted by Crippen LogP contribution is 2.34. The number of anilines is 1. The van der Waals surface area contributed by atoms with Gasteiger partial charge in [0.2, 0.25) is 5.89 Å². The number of aromatic nitrogens is 2. The van der Waals surface area contributed by atoms with Crippen LogP contribution in [0.2, 0.25) is 0 Å². The highest BCUT2D eigenvalue weighted by atomic mass is 16.5. The molecule has 1 fully saturated rings. The van der Waals surface area contributed by atoms with E-state index in [-0.39, 0.29) is 0 Å². The molecule has 0 saturated heterocycles. The highest BCUT2D eigenvalue weighted by molar-refractivity contribution is 5.40. The van der Waals surface area contributed by atoms with Gasteiger partial charge in [0.1, 0.15) is 0 Å². The van der Waals surface area contributed by atoms with Crippen LogP contribution in [0.15, 0.2) is 28.8 Å². The molecule has 19 heavy (non-hydrogen) atoms. The standard InChI is InChI=1S/C15H19N3O/c1-10(11-5-7-13(16)8-6-11)9-14-17-15(18-19-14)12-3-2-4-12/h5-8,10,12H,2-4,9,16H2,1H3. The molecule has 1 aromatic carbocycles. The van der Waals surface area contributed by atoms with Crippen LogP contribution in [0.25, 0.3) is 0 Å². The molecule has 1 unspecified atom stereocenters. The normalized spacial score (nSPS) is 17.1. The Kier molecular flexibility index (Phi) is 3.23. The van der Waals surface area contributed by atoms with E-state index in [1.165, 1.54) is 24.8 Å². The molecule has 1 saturated carbocycles. The quantitative estimate of drug-likeness (QED) is 0.854. The lowest BCUT2D eigenvalue weighted by Gasteiger charge is -2.20. The van der Waals surface area contributed by atoms with Gasteiger partial charge in [-0.25, -0.2) is 0 Å². The van der Waals surface area contributed by atoms with Crippen molar-refractivity contribution in [3.05, 3.63) is 41.5 Å². The van der Waals surface area contributed by atoms with Crippen LogP contribution in [0.1, 0.15) is 55.3 Å². The van der Waals surface area contributed by atoms with Gasteiger partial charge in [-0.1, -0.05) is 30.6 Å². The van der Waals surface area contributed by atoms with Gasteiger partial charge in [0.05, 0.1) is 0 Å². The Morgan fingerprint density at radius 1 is 1.32 bits per heavy atom. The van der Waals surface area contributed by atoms with Crippen LogP contribution < -0.4 is 5.73 Å². The number of rotatable bonds is 4. The third-order valence-electron chi connectivity index (χ3n) is 3.94. The summed E-state index contributed by atoms with van der Waals surface area (Å²) in [5.41, 5.74) is 7.74. The van der Waals surface area contributed by atoms with E-state index in [2.05, 4.69) is 29.2 Å². The van der Waals surface area contributed by atoms with Crippen LogP contribution in [-0.2, 0) is 6.42 Å². The Bertz CT molecular complexity index is 543. The summed E-state index contributed by atoms with van der Waals surface area (Å²) in [7, 11) is 0. The second kappa shape index (κ2) is 5.03. The minimum atomic E-state index is 0.357. The Morgan fingerprint density at radius 3 is 2.68 bits per heavy atom. The van der Waals surface area contributed by atoms with E-state index in [4.69, 9.17) is 10.3 Å². The van der Waals surface area contributed by atoms with E-state index in [1.54, 1.807) is 0 Å². The summed E-state index contributed by atoms with van der Waals surface area (Å²) in [6.07, 6.45) is 4.47. The van der Waals surface area contributed by atoms with Crippen molar-refractivity contribution in [2.45, 2.75) is 44.4 Å². The lowest BCUT2D eigenvalue weighted by atomic mass is 9.85. The van der Waals surface area contributed by atoms with Crippen LogP contribution in [0, 0.1) is 0 Å². The van der Waals surface area contributed by atoms with Crippen molar-refractivity contribution in [2.75, 3.05) is 5.73 Å². The van der Waals surface area contributed by atoms with Crippen LogP contribution in [0.4, 0.5) is 5.69 Å². The molecule has 1 aliphatic rings. The van der Waals surface area contributed by atoms with Crippen LogP contribution in [0.3, 0.4) is 0 Å². The van der Waals surface area contributed by atoms with E-state index in [1.807, 2.05) is 12.1 Å². The molecule has 2 aromatic rings. The third-order valence-corrected chi connectivity index (χ3v) is 3.94. The first-order valence-electron chi connectivity index (χ1n) is 6.90. The maximum atomic E-state index is 5.70. The number of nitrogen functional groups attached to an aromatic ring is 1. The van der Waals surface area contributed by atoms with E-state index in [0.29, 0.717) is 11.8 Å². The lowest BCUT2D eigenvalue weighted by Crippen LogP contribution is -2.10. The molecule has 0 amide bonds. The lowest BCUT2D eigenvalue weighted by molar-refractivity contribution is 0.344. The van der Waals surface area contributed by atoms with Gasteiger partial charge in [-0.05, 0) is 36.5 Å². The molecular formula is C15H19N3O. The first kappa shape index (κ1) is 12.2. The average Bonchev–Trinajstić information content (AvgIpc) is 2.76. The van der Waals surface area contributed by atoms with Gasteiger partial charge < -0.3 is 10.3 Å². The van der Waals surface area contributed by atoms with E-state index >= 15 is 0 Å². The minimum absolute atomic E-state index is 0.357. The zero-order chi connectivity index (χ0) is 13.2. The van der Waals surface area contributed by atoms with E-state index in [9.17, 15) is 0 Å². The zero-order valence-electron chi connectivity index (χ0n) is 11.2. The summed E-state index contributed by atoms with van der Waals surface area (Å²) < 4.78 is 5.35. The third kappa shape index (κ3) is 2.62. The summed E-state index contributed by atoms with van der Waals surface area (Å²) >= 11 is 0. The van der Waals surface area contributed by atoms with Crippen LogP contribution >= 0.6 is 0 Å². The van der Waals surface area contributed by atoms with Gasteiger partial charge in [-0.15, -0.1) is 0 Å². The largest absolute Gasteiger partial charge is 0.399 e. The van der Waals surface area contributed by atoms with Gasteiger partial charge in [0, 0.05) is 18.0 Å². The summed E-state index contributed by atoms with van der Waals surface area (Å²) in [6, 6.07) is 7.98. The molecule has 0 spiro atoms. The second-order valence-corrected chi connectivity index (χ2v) is 5.45. The molecule has 0 aliphatic heterocycles. The van der Waals surface area contributed by atoms with Gasteiger partial charge >= 0.3 is 0 Å². The molecule has 1 heterocycles. The van der Waals surface area contributed by atoms with Crippen molar-refractivity contribution in [3.63, 3.8) is 0 Å². The second-order valence-electron chi connectivity index (χ2n) is 5.45. The van der Waals surface area contributed by atoms with Crippen molar-refractivity contribution in [2.24, 2.45) is 0 Å². The van der Waals surface area contributed by atoms with Gasteiger partial charge in [-0.2, -0.15) is 4.98 Å². The molecule has 2 N–H and O–H groups in total. The summed E-state index contributed by atoms with van der Waals surface area (Å²) in [5.74, 6) is 2.52. The summed E-state index contributed by atoms with van der Waals surface area (Å²) in [5, 5.41) is 4.09. The average molecular weight is 257 g/mol. The molecule has 1 atom stereocenters. The topological polar surface area (TPSA) is 64.9 Å². The number of hydrogen-bond donors (Lipinski definition) is 1. The fourth-order valence-electron chi connectivity index (χ4n) is 2.39. The number of hydrogen-bond acceptors (Lipinski definition) is 4. The highest BCUT2D eigenvalue weighted by Gasteiger charge is 2.25.